The van der Waals surface area contributed by atoms with Gasteiger partial charge in [0.2, 0.25) is 0 Å². The summed E-state index contributed by atoms with van der Waals surface area (Å²) in [4.78, 5) is 2.20. The Hall–Kier alpha value is -0.570. The lowest BCUT2D eigenvalue weighted by Crippen LogP contribution is -2.31. The number of hydrogen-bond donors (Lipinski definition) is 1. The fourth-order valence-electron chi connectivity index (χ4n) is 1.67. The van der Waals surface area contributed by atoms with Crippen molar-refractivity contribution in [1.29, 1.82) is 0 Å². The topological polar surface area (TPSA) is 15.3 Å². The lowest BCUT2D eigenvalue weighted by Gasteiger charge is -2.22. The van der Waals surface area contributed by atoms with E-state index in [4.69, 9.17) is 11.6 Å². The lowest BCUT2D eigenvalue weighted by atomic mass is 10.1. The molecule has 0 aliphatic heterocycles. The zero-order chi connectivity index (χ0) is 12.0. The smallest absolute Gasteiger partial charge is 0.0449 e. The summed E-state index contributed by atoms with van der Waals surface area (Å²) in [5.41, 5.74) is 1.30. The van der Waals surface area contributed by atoms with Crippen molar-refractivity contribution in [3.63, 3.8) is 0 Å². The van der Waals surface area contributed by atoms with Crippen molar-refractivity contribution in [2.75, 3.05) is 27.2 Å². The van der Waals surface area contributed by atoms with Gasteiger partial charge >= 0.3 is 0 Å². The highest BCUT2D eigenvalue weighted by Gasteiger charge is 2.11. The first-order valence-electron chi connectivity index (χ1n) is 5.77. The number of rotatable bonds is 6. The Morgan fingerprint density at radius 1 is 1.25 bits per heavy atom. The molecule has 1 aromatic carbocycles. The van der Waals surface area contributed by atoms with Gasteiger partial charge in [0.25, 0.3) is 0 Å². The summed E-state index contributed by atoms with van der Waals surface area (Å²) in [5, 5.41) is 4.35. The minimum Gasteiger partial charge on any atom is -0.309 e. The molecule has 0 saturated heterocycles. The molecule has 0 saturated carbocycles. The van der Waals surface area contributed by atoms with E-state index in [1.165, 1.54) is 5.56 Å². The summed E-state index contributed by atoms with van der Waals surface area (Å²) in [6.45, 7) is 4.23. The maximum absolute atomic E-state index is 5.90. The van der Waals surface area contributed by atoms with E-state index in [1.807, 2.05) is 12.1 Å². The van der Waals surface area contributed by atoms with Crippen LogP contribution >= 0.6 is 11.6 Å². The van der Waals surface area contributed by atoms with Crippen molar-refractivity contribution < 1.29 is 0 Å². The van der Waals surface area contributed by atoms with E-state index in [-0.39, 0.29) is 0 Å². The molecule has 1 unspecified atom stereocenters. The highest BCUT2D eigenvalue weighted by molar-refractivity contribution is 6.30. The molecular weight excluding hydrogens is 220 g/mol. The quantitative estimate of drug-likeness (QED) is 0.823. The summed E-state index contributed by atoms with van der Waals surface area (Å²) >= 11 is 5.90. The highest BCUT2D eigenvalue weighted by Crippen LogP contribution is 2.17. The van der Waals surface area contributed by atoms with E-state index in [2.05, 4.69) is 43.4 Å². The number of halogens is 1. The molecule has 90 valence electrons. The molecule has 1 atom stereocenters. The molecule has 2 nitrogen and oxygen atoms in total. The third-order valence-corrected chi connectivity index (χ3v) is 2.71. The van der Waals surface area contributed by atoms with Gasteiger partial charge in [-0.25, -0.2) is 0 Å². The van der Waals surface area contributed by atoms with Crippen LogP contribution in [0.1, 0.15) is 24.9 Å². The van der Waals surface area contributed by atoms with Crippen LogP contribution in [0.3, 0.4) is 0 Å². The molecule has 1 N–H and O–H groups in total. The molecule has 1 rings (SSSR count). The second-order valence-corrected chi connectivity index (χ2v) is 4.76. The van der Waals surface area contributed by atoms with E-state index in [0.29, 0.717) is 6.04 Å². The van der Waals surface area contributed by atoms with Crippen molar-refractivity contribution in [2.24, 2.45) is 0 Å². The molecule has 0 radical (unpaired) electrons. The van der Waals surface area contributed by atoms with Crippen molar-refractivity contribution in [1.82, 2.24) is 10.2 Å². The first-order chi connectivity index (χ1) is 7.63. The van der Waals surface area contributed by atoms with E-state index in [1.54, 1.807) is 0 Å². The van der Waals surface area contributed by atoms with Gasteiger partial charge in [-0.3, -0.25) is 0 Å². The van der Waals surface area contributed by atoms with Crippen LogP contribution in [-0.4, -0.2) is 32.1 Å². The summed E-state index contributed by atoms with van der Waals surface area (Å²) in [6.07, 6.45) is 1.15. The predicted octanol–water partition coefficient (Wildman–Crippen LogP) is 2.94. The summed E-state index contributed by atoms with van der Waals surface area (Å²) in [7, 11) is 4.19. The third kappa shape index (κ3) is 4.52. The fourth-order valence-corrected chi connectivity index (χ4v) is 1.79. The average molecular weight is 241 g/mol. The molecule has 0 amide bonds. The van der Waals surface area contributed by atoms with Crippen LogP contribution in [-0.2, 0) is 0 Å². The number of likely N-dealkylation sites (N-methyl/N-ethyl adjacent to an activating group) is 1. The van der Waals surface area contributed by atoms with Gasteiger partial charge in [0.15, 0.2) is 0 Å². The first-order valence-corrected chi connectivity index (χ1v) is 6.15. The molecule has 3 heteroatoms. The second-order valence-electron chi connectivity index (χ2n) is 4.32. The van der Waals surface area contributed by atoms with Crippen molar-refractivity contribution in [3.05, 3.63) is 34.9 Å². The maximum Gasteiger partial charge on any atom is 0.0449 e. The normalized spacial score (nSPS) is 13.1. The maximum atomic E-state index is 5.90. The molecule has 16 heavy (non-hydrogen) atoms. The van der Waals surface area contributed by atoms with Crippen LogP contribution < -0.4 is 5.32 Å². The van der Waals surface area contributed by atoms with Gasteiger partial charge in [-0.1, -0.05) is 30.7 Å². The van der Waals surface area contributed by atoms with E-state index < -0.39 is 0 Å². The van der Waals surface area contributed by atoms with Crippen LogP contribution in [0.4, 0.5) is 0 Å². The zero-order valence-electron chi connectivity index (χ0n) is 10.3. The van der Waals surface area contributed by atoms with E-state index in [0.717, 1.165) is 24.5 Å². The van der Waals surface area contributed by atoms with Gasteiger partial charge in [-0.05, 0) is 44.8 Å². The predicted molar refractivity (Wildman–Crippen MR) is 71.0 cm³/mol. The Bertz CT molecular complexity index is 295. The Morgan fingerprint density at radius 2 is 1.88 bits per heavy atom. The lowest BCUT2D eigenvalue weighted by molar-refractivity contribution is 0.342. The highest BCUT2D eigenvalue weighted by atomic mass is 35.5. The number of hydrogen-bond acceptors (Lipinski definition) is 2. The van der Waals surface area contributed by atoms with Crippen molar-refractivity contribution in [3.8, 4) is 0 Å². The molecule has 0 aliphatic rings. The third-order valence-electron chi connectivity index (χ3n) is 2.46. The summed E-state index contributed by atoms with van der Waals surface area (Å²) in [5.74, 6) is 0. The number of benzene rings is 1. The van der Waals surface area contributed by atoms with Gasteiger partial charge in [0.1, 0.15) is 0 Å². The number of nitrogens with one attached hydrogen (secondary N) is 1. The average Bonchev–Trinajstić information content (AvgIpc) is 2.25. The van der Waals surface area contributed by atoms with E-state index in [9.17, 15) is 0 Å². The SMILES string of the molecule is CCCNC(CN(C)C)c1ccc(Cl)cc1. The molecule has 0 fully saturated rings. The summed E-state index contributed by atoms with van der Waals surface area (Å²) < 4.78 is 0. The Labute approximate surface area is 104 Å². The summed E-state index contributed by atoms with van der Waals surface area (Å²) in [6, 6.07) is 8.48. The molecule has 0 aliphatic carbocycles. The molecule has 0 heterocycles. The van der Waals surface area contributed by atoms with Gasteiger partial charge in [-0.2, -0.15) is 0 Å². The van der Waals surface area contributed by atoms with Gasteiger partial charge in [0.05, 0.1) is 0 Å². The number of nitrogens with zero attached hydrogens (tertiary/aromatic N) is 1. The van der Waals surface area contributed by atoms with Crippen LogP contribution in [0, 0.1) is 0 Å². The largest absolute Gasteiger partial charge is 0.309 e. The molecule has 1 aromatic rings. The molecule has 0 aromatic heterocycles. The first kappa shape index (κ1) is 13.5. The molecule has 0 bridgehead atoms. The Balaban J connectivity index is 2.70. The van der Waals surface area contributed by atoms with Gasteiger partial charge < -0.3 is 10.2 Å². The fraction of sp³-hybridized carbons (Fsp3) is 0.538. The Kier molecular flexibility index (Phi) is 5.81. The monoisotopic (exact) mass is 240 g/mol. The molecule has 0 spiro atoms. The van der Waals surface area contributed by atoms with Crippen molar-refractivity contribution in [2.45, 2.75) is 19.4 Å². The Morgan fingerprint density at radius 3 is 2.38 bits per heavy atom. The van der Waals surface area contributed by atoms with Crippen LogP contribution in [0.2, 0.25) is 5.02 Å². The van der Waals surface area contributed by atoms with Crippen molar-refractivity contribution >= 4 is 11.6 Å². The van der Waals surface area contributed by atoms with Crippen LogP contribution in [0.25, 0.3) is 0 Å². The standard InChI is InChI=1S/C13H21ClN2/c1-4-9-15-13(10-16(2)3)11-5-7-12(14)8-6-11/h5-8,13,15H,4,9-10H2,1-3H3. The van der Waals surface area contributed by atoms with E-state index >= 15 is 0 Å². The zero-order valence-corrected chi connectivity index (χ0v) is 11.1. The van der Waals surface area contributed by atoms with Crippen LogP contribution in [0.5, 0.6) is 0 Å². The van der Waals surface area contributed by atoms with Gasteiger partial charge in [-0.15, -0.1) is 0 Å². The second kappa shape index (κ2) is 6.89. The van der Waals surface area contributed by atoms with Gasteiger partial charge in [0, 0.05) is 17.6 Å². The molecular formula is C13H21ClN2. The minimum atomic E-state index is 0.382. The minimum absolute atomic E-state index is 0.382. The van der Waals surface area contributed by atoms with Crippen LogP contribution in [0.15, 0.2) is 24.3 Å².